The third-order valence-corrected chi connectivity index (χ3v) is 1.06. The number of halogens is 1. The maximum atomic E-state index is 12.3. The second kappa shape index (κ2) is 2.49. The molecule has 0 saturated heterocycles. The van der Waals surface area contributed by atoms with Gasteiger partial charge in [-0.3, -0.25) is 0 Å². The van der Waals surface area contributed by atoms with Crippen LogP contribution >= 0.6 is 0 Å². The molecule has 0 aromatic heterocycles. The van der Waals surface area contributed by atoms with Crippen molar-refractivity contribution in [3.8, 4) is 0 Å². The first-order valence-corrected chi connectivity index (χ1v) is 2.68. The van der Waals surface area contributed by atoms with Crippen LogP contribution in [0.4, 0.5) is 10.1 Å². The molecule has 1 N–H and O–H groups in total. The van der Waals surface area contributed by atoms with Crippen molar-refractivity contribution in [2.24, 2.45) is 0 Å². The zero-order chi connectivity index (χ0) is 6.69. The maximum absolute atomic E-state index is 12.3. The fourth-order valence-corrected chi connectivity index (χ4v) is 0.593. The molecular formula is C7H7FN. The summed E-state index contributed by atoms with van der Waals surface area (Å²) >= 11 is 0. The normalized spacial score (nSPS) is 9.11. The molecule has 1 radical (unpaired) electrons. The van der Waals surface area contributed by atoms with Gasteiger partial charge in [0.25, 0.3) is 0 Å². The molecule has 0 bridgehead atoms. The van der Waals surface area contributed by atoms with Crippen LogP contribution in [-0.4, -0.2) is 7.05 Å². The third-order valence-electron chi connectivity index (χ3n) is 1.06. The number of anilines is 1. The summed E-state index contributed by atoms with van der Waals surface area (Å²) in [4.78, 5) is 0. The standard InChI is InChI=1S/C7H7FN/c1-9-7-4-2-3-6(8)5-7/h2,4-5,9H,1H3. The predicted molar refractivity (Wildman–Crippen MR) is 34.8 cm³/mol. The molecule has 0 fully saturated rings. The first-order valence-electron chi connectivity index (χ1n) is 2.68. The number of hydrogen-bond donors (Lipinski definition) is 1. The molecule has 47 valence electrons. The average Bonchev–Trinajstić information content (AvgIpc) is 1.88. The summed E-state index contributed by atoms with van der Waals surface area (Å²) in [7, 11) is 1.74. The quantitative estimate of drug-likeness (QED) is 0.600. The fourth-order valence-electron chi connectivity index (χ4n) is 0.593. The molecule has 0 atom stereocenters. The Kier molecular flexibility index (Phi) is 1.68. The van der Waals surface area contributed by atoms with Crippen molar-refractivity contribution in [3.05, 3.63) is 30.1 Å². The minimum Gasteiger partial charge on any atom is -0.388 e. The van der Waals surface area contributed by atoms with E-state index in [2.05, 4.69) is 11.4 Å². The second-order valence-corrected chi connectivity index (χ2v) is 1.68. The van der Waals surface area contributed by atoms with Crippen molar-refractivity contribution < 1.29 is 4.39 Å². The van der Waals surface area contributed by atoms with Crippen molar-refractivity contribution in [1.29, 1.82) is 0 Å². The molecule has 1 aromatic rings. The van der Waals surface area contributed by atoms with Crippen molar-refractivity contribution in [3.63, 3.8) is 0 Å². The van der Waals surface area contributed by atoms with Gasteiger partial charge in [0.1, 0.15) is 5.82 Å². The SMILES string of the molecule is CNc1cc[c]c(F)c1. The van der Waals surface area contributed by atoms with Crippen molar-refractivity contribution in [2.45, 2.75) is 0 Å². The molecule has 1 nitrogen and oxygen atoms in total. The third kappa shape index (κ3) is 1.42. The molecule has 0 amide bonds. The Labute approximate surface area is 53.5 Å². The summed E-state index contributed by atoms with van der Waals surface area (Å²) in [6, 6.07) is 7.08. The van der Waals surface area contributed by atoms with Gasteiger partial charge in [0, 0.05) is 18.8 Å². The van der Waals surface area contributed by atoms with E-state index in [0.29, 0.717) is 0 Å². The van der Waals surface area contributed by atoms with E-state index in [0.717, 1.165) is 5.69 Å². The Morgan fingerprint density at radius 1 is 1.67 bits per heavy atom. The highest BCUT2D eigenvalue weighted by Gasteiger charge is 1.88. The van der Waals surface area contributed by atoms with Gasteiger partial charge in [-0.15, -0.1) is 0 Å². The van der Waals surface area contributed by atoms with E-state index in [-0.39, 0.29) is 5.82 Å². The van der Waals surface area contributed by atoms with Gasteiger partial charge in [0.05, 0.1) is 0 Å². The van der Waals surface area contributed by atoms with E-state index in [9.17, 15) is 4.39 Å². The summed E-state index contributed by atoms with van der Waals surface area (Å²) in [5, 5.41) is 2.81. The van der Waals surface area contributed by atoms with Gasteiger partial charge in [-0.2, -0.15) is 0 Å². The lowest BCUT2D eigenvalue weighted by Gasteiger charge is -1.95. The summed E-state index contributed by atoms with van der Waals surface area (Å²) in [5.74, 6) is -0.332. The van der Waals surface area contributed by atoms with E-state index in [4.69, 9.17) is 0 Å². The highest BCUT2D eigenvalue weighted by atomic mass is 19.1. The first kappa shape index (κ1) is 6.08. The fraction of sp³-hybridized carbons (Fsp3) is 0.143. The molecule has 1 rings (SSSR count). The van der Waals surface area contributed by atoms with Crippen LogP contribution in [0.5, 0.6) is 0 Å². The van der Waals surface area contributed by atoms with Crippen LogP contribution in [-0.2, 0) is 0 Å². The molecule has 0 unspecified atom stereocenters. The summed E-state index contributed by atoms with van der Waals surface area (Å²) in [6.45, 7) is 0. The van der Waals surface area contributed by atoms with Gasteiger partial charge in [0.15, 0.2) is 0 Å². The van der Waals surface area contributed by atoms with Crippen molar-refractivity contribution in [2.75, 3.05) is 12.4 Å². The molecule has 0 aliphatic heterocycles. The van der Waals surface area contributed by atoms with Crippen LogP contribution in [0.2, 0.25) is 0 Å². The Bertz CT molecular complexity index is 198. The van der Waals surface area contributed by atoms with E-state index in [1.807, 2.05) is 0 Å². The van der Waals surface area contributed by atoms with Crippen molar-refractivity contribution >= 4 is 5.69 Å². The van der Waals surface area contributed by atoms with Crippen molar-refractivity contribution in [1.82, 2.24) is 0 Å². The summed E-state index contributed by atoms with van der Waals surface area (Å²) in [5.41, 5.74) is 0.770. The molecule has 0 aliphatic rings. The monoisotopic (exact) mass is 124 g/mol. The molecule has 0 saturated carbocycles. The van der Waals surface area contributed by atoms with Crippen LogP contribution in [0.15, 0.2) is 18.2 Å². The first-order chi connectivity index (χ1) is 4.33. The largest absolute Gasteiger partial charge is 0.388 e. The summed E-state index contributed by atoms with van der Waals surface area (Å²) in [6.07, 6.45) is 0. The van der Waals surface area contributed by atoms with Crippen LogP contribution in [0.3, 0.4) is 0 Å². The van der Waals surface area contributed by atoms with Gasteiger partial charge in [-0.1, -0.05) is 0 Å². The Balaban J connectivity index is 2.94. The average molecular weight is 124 g/mol. The van der Waals surface area contributed by atoms with Gasteiger partial charge < -0.3 is 5.32 Å². The Morgan fingerprint density at radius 2 is 2.44 bits per heavy atom. The summed E-state index contributed by atoms with van der Waals surface area (Å²) < 4.78 is 12.3. The Hall–Kier alpha value is -1.05. The number of benzene rings is 1. The minimum absolute atomic E-state index is 0.332. The van der Waals surface area contributed by atoms with Gasteiger partial charge in [0.2, 0.25) is 0 Å². The Morgan fingerprint density at radius 3 is 2.89 bits per heavy atom. The molecule has 1 aromatic carbocycles. The van der Waals surface area contributed by atoms with Gasteiger partial charge >= 0.3 is 0 Å². The lowest BCUT2D eigenvalue weighted by atomic mass is 10.3. The van der Waals surface area contributed by atoms with E-state index >= 15 is 0 Å². The second-order valence-electron chi connectivity index (χ2n) is 1.68. The number of rotatable bonds is 1. The number of nitrogens with one attached hydrogen (secondary N) is 1. The van der Waals surface area contributed by atoms with Gasteiger partial charge in [-0.05, 0) is 18.2 Å². The molecule has 0 aliphatic carbocycles. The van der Waals surface area contributed by atoms with Crippen LogP contribution in [0.25, 0.3) is 0 Å². The number of hydrogen-bond acceptors (Lipinski definition) is 1. The highest BCUT2D eigenvalue weighted by Crippen LogP contribution is 2.06. The zero-order valence-corrected chi connectivity index (χ0v) is 5.11. The van der Waals surface area contributed by atoms with Crippen LogP contribution in [0.1, 0.15) is 0 Å². The topological polar surface area (TPSA) is 12.0 Å². The molecule has 9 heavy (non-hydrogen) atoms. The maximum Gasteiger partial charge on any atom is 0.133 e. The van der Waals surface area contributed by atoms with E-state index in [1.54, 1.807) is 19.2 Å². The molecule has 0 heterocycles. The molecular weight excluding hydrogens is 117 g/mol. The van der Waals surface area contributed by atoms with Crippen LogP contribution in [0, 0.1) is 11.9 Å². The lowest BCUT2D eigenvalue weighted by Crippen LogP contribution is -1.87. The molecule has 0 spiro atoms. The smallest absolute Gasteiger partial charge is 0.133 e. The van der Waals surface area contributed by atoms with E-state index in [1.165, 1.54) is 6.07 Å². The molecule has 2 heteroatoms. The minimum atomic E-state index is -0.332. The predicted octanol–water partition coefficient (Wildman–Crippen LogP) is 1.67. The van der Waals surface area contributed by atoms with Crippen LogP contribution < -0.4 is 5.32 Å². The highest BCUT2D eigenvalue weighted by molar-refractivity contribution is 5.41. The van der Waals surface area contributed by atoms with Gasteiger partial charge in [-0.25, -0.2) is 4.39 Å². The zero-order valence-electron chi connectivity index (χ0n) is 5.11. The van der Waals surface area contributed by atoms with E-state index < -0.39 is 0 Å². The lowest BCUT2D eigenvalue weighted by molar-refractivity contribution is 0.626.